The van der Waals surface area contributed by atoms with Gasteiger partial charge in [0.1, 0.15) is 5.37 Å². The van der Waals surface area contributed by atoms with E-state index in [1.165, 1.54) is 0 Å². The summed E-state index contributed by atoms with van der Waals surface area (Å²) in [4.78, 5) is 27.1. The van der Waals surface area contributed by atoms with E-state index >= 15 is 0 Å². The summed E-state index contributed by atoms with van der Waals surface area (Å²) in [6.07, 6.45) is 0.879. The number of amides is 2. The summed E-state index contributed by atoms with van der Waals surface area (Å²) in [5.74, 6) is 0.506. The predicted octanol–water partition coefficient (Wildman–Crippen LogP) is 6.06. The first-order chi connectivity index (χ1) is 14.4. The largest absolute Gasteiger partial charge is 0.347 e. The van der Waals surface area contributed by atoms with E-state index in [0.29, 0.717) is 22.9 Å². The van der Waals surface area contributed by atoms with Gasteiger partial charge in [-0.15, -0.1) is 11.8 Å². The molecule has 1 atom stereocenters. The van der Waals surface area contributed by atoms with Crippen LogP contribution in [0.5, 0.6) is 0 Å². The average molecular weight is 459 g/mol. The molecule has 1 saturated heterocycles. The van der Waals surface area contributed by atoms with Crippen molar-refractivity contribution in [3.05, 3.63) is 70.2 Å². The first-order valence-electron chi connectivity index (χ1n) is 10.5. The fraction of sp³-hybridized carbons (Fsp3) is 0.440. The Morgan fingerprint density at radius 3 is 2.26 bits per heavy atom. The summed E-state index contributed by atoms with van der Waals surface area (Å²) < 4.78 is 0. The summed E-state index contributed by atoms with van der Waals surface area (Å²) in [5.41, 5.74) is 2.53. The van der Waals surface area contributed by atoms with Gasteiger partial charge in [-0.05, 0) is 61.1 Å². The van der Waals surface area contributed by atoms with Crippen LogP contribution in [0.3, 0.4) is 0 Å². The van der Waals surface area contributed by atoms with Crippen molar-refractivity contribution in [2.45, 2.75) is 58.5 Å². The highest BCUT2D eigenvalue weighted by Gasteiger charge is 2.33. The van der Waals surface area contributed by atoms with Gasteiger partial charge in [0.15, 0.2) is 0 Å². The Hall–Kier alpha value is -1.98. The third-order valence-corrected chi connectivity index (χ3v) is 6.62. The summed E-state index contributed by atoms with van der Waals surface area (Å²) >= 11 is 7.59. The van der Waals surface area contributed by atoms with E-state index in [9.17, 15) is 9.59 Å². The van der Waals surface area contributed by atoms with E-state index in [1.54, 1.807) is 11.8 Å². The van der Waals surface area contributed by atoms with Crippen LogP contribution in [0.15, 0.2) is 48.5 Å². The number of nitrogens with one attached hydrogen (secondary N) is 1. The second-order valence-electron chi connectivity index (χ2n) is 10.0. The maximum absolute atomic E-state index is 12.8. The molecule has 0 spiro atoms. The van der Waals surface area contributed by atoms with E-state index in [1.807, 2.05) is 53.4 Å². The van der Waals surface area contributed by atoms with E-state index < -0.39 is 0 Å². The molecular formula is C25H31ClN2O2S. The molecule has 4 nitrogen and oxygen atoms in total. The molecule has 1 aliphatic rings. The lowest BCUT2D eigenvalue weighted by atomic mass is 9.81. The van der Waals surface area contributed by atoms with E-state index in [2.05, 4.69) is 39.9 Å². The highest BCUT2D eigenvalue weighted by atomic mass is 35.5. The zero-order valence-corrected chi connectivity index (χ0v) is 20.4. The quantitative estimate of drug-likeness (QED) is 0.572. The van der Waals surface area contributed by atoms with Crippen molar-refractivity contribution in [2.24, 2.45) is 5.41 Å². The minimum absolute atomic E-state index is 0.0578. The van der Waals surface area contributed by atoms with Crippen molar-refractivity contribution >= 4 is 35.2 Å². The van der Waals surface area contributed by atoms with Gasteiger partial charge in [-0.2, -0.15) is 0 Å². The number of nitrogens with zero attached hydrogens (tertiary/aromatic N) is 1. The van der Waals surface area contributed by atoms with E-state index in [-0.39, 0.29) is 28.1 Å². The zero-order chi connectivity index (χ0) is 22.8. The van der Waals surface area contributed by atoms with Crippen LogP contribution in [0.25, 0.3) is 0 Å². The van der Waals surface area contributed by atoms with Crippen molar-refractivity contribution in [2.75, 3.05) is 5.75 Å². The fourth-order valence-electron chi connectivity index (χ4n) is 4.24. The van der Waals surface area contributed by atoms with Crippen molar-refractivity contribution in [1.82, 2.24) is 10.2 Å². The van der Waals surface area contributed by atoms with Crippen molar-refractivity contribution in [3.63, 3.8) is 0 Å². The summed E-state index contributed by atoms with van der Waals surface area (Å²) in [6, 6.07) is 15.2. The molecule has 166 valence electrons. The van der Waals surface area contributed by atoms with Crippen LogP contribution < -0.4 is 5.32 Å². The Morgan fingerprint density at radius 2 is 1.68 bits per heavy atom. The fourth-order valence-corrected chi connectivity index (χ4v) is 5.55. The summed E-state index contributed by atoms with van der Waals surface area (Å²) in [7, 11) is 0. The molecule has 2 amide bonds. The molecule has 0 bridgehead atoms. The summed E-state index contributed by atoms with van der Waals surface area (Å²) in [5, 5.41) is 3.78. The minimum atomic E-state index is -0.295. The van der Waals surface area contributed by atoms with Crippen LogP contribution >= 0.6 is 23.4 Å². The van der Waals surface area contributed by atoms with E-state index in [0.717, 1.165) is 17.5 Å². The Bertz CT molecular complexity index is 933. The van der Waals surface area contributed by atoms with Gasteiger partial charge >= 0.3 is 0 Å². The lowest BCUT2D eigenvalue weighted by molar-refractivity contribution is -0.128. The highest BCUT2D eigenvalue weighted by molar-refractivity contribution is 8.00. The normalized spacial score (nSPS) is 17.2. The molecule has 6 heteroatoms. The van der Waals surface area contributed by atoms with Gasteiger partial charge in [0.25, 0.3) is 5.91 Å². The first-order valence-corrected chi connectivity index (χ1v) is 11.9. The molecule has 0 saturated carbocycles. The molecule has 2 aromatic carbocycles. The molecular weight excluding hydrogens is 428 g/mol. The second-order valence-corrected chi connectivity index (χ2v) is 11.5. The molecule has 1 fully saturated rings. The van der Waals surface area contributed by atoms with Gasteiger partial charge in [0.2, 0.25) is 5.91 Å². The van der Waals surface area contributed by atoms with Crippen LogP contribution in [0.4, 0.5) is 0 Å². The highest BCUT2D eigenvalue weighted by Crippen LogP contribution is 2.39. The molecule has 2 aromatic rings. The maximum atomic E-state index is 12.8. The van der Waals surface area contributed by atoms with Gasteiger partial charge in [0.05, 0.1) is 5.75 Å². The molecule has 1 unspecified atom stereocenters. The number of carbonyl (C=O) groups is 2. The van der Waals surface area contributed by atoms with Crippen LogP contribution in [0.1, 0.15) is 67.9 Å². The van der Waals surface area contributed by atoms with Crippen molar-refractivity contribution in [3.8, 4) is 0 Å². The monoisotopic (exact) mass is 458 g/mol. The molecule has 1 heterocycles. The number of benzene rings is 2. The standard InChI is InChI=1S/C25H31ClN2O2S/c1-24(2,3)16-25(4,5)27-22(30)18-8-10-19(11-9-18)23-28(21(29)15-31-23)14-17-6-12-20(26)13-7-17/h6-13,23H,14-16H2,1-5H3,(H,27,30). The molecule has 0 aliphatic carbocycles. The Balaban J connectivity index is 1.70. The third kappa shape index (κ3) is 6.50. The number of hydrogen-bond donors (Lipinski definition) is 1. The van der Waals surface area contributed by atoms with Crippen LogP contribution in [0.2, 0.25) is 5.02 Å². The van der Waals surface area contributed by atoms with Gasteiger partial charge < -0.3 is 10.2 Å². The minimum Gasteiger partial charge on any atom is -0.347 e. The topological polar surface area (TPSA) is 49.4 Å². The smallest absolute Gasteiger partial charge is 0.251 e. The lowest BCUT2D eigenvalue weighted by Crippen LogP contribution is -2.45. The number of hydrogen-bond acceptors (Lipinski definition) is 3. The van der Waals surface area contributed by atoms with Gasteiger partial charge in [0, 0.05) is 22.7 Å². The first kappa shape index (κ1) is 23.7. The number of carbonyl (C=O) groups excluding carboxylic acids is 2. The average Bonchev–Trinajstić information content (AvgIpc) is 3.02. The number of halogens is 1. The second kappa shape index (κ2) is 9.25. The predicted molar refractivity (Wildman–Crippen MR) is 129 cm³/mol. The molecule has 1 aliphatic heterocycles. The Kier molecular flexibility index (Phi) is 7.07. The van der Waals surface area contributed by atoms with E-state index in [4.69, 9.17) is 11.6 Å². The van der Waals surface area contributed by atoms with Gasteiger partial charge in [-0.1, -0.05) is 56.6 Å². The van der Waals surface area contributed by atoms with Crippen molar-refractivity contribution < 1.29 is 9.59 Å². The number of rotatable bonds is 6. The molecule has 3 rings (SSSR count). The zero-order valence-electron chi connectivity index (χ0n) is 18.9. The Labute approximate surface area is 194 Å². The maximum Gasteiger partial charge on any atom is 0.251 e. The van der Waals surface area contributed by atoms with Gasteiger partial charge in [-0.25, -0.2) is 0 Å². The van der Waals surface area contributed by atoms with Crippen LogP contribution in [0, 0.1) is 5.41 Å². The molecule has 0 aromatic heterocycles. The van der Waals surface area contributed by atoms with Gasteiger partial charge in [-0.3, -0.25) is 9.59 Å². The Morgan fingerprint density at radius 1 is 1.06 bits per heavy atom. The molecule has 31 heavy (non-hydrogen) atoms. The SMILES string of the molecule is CC(C)(C)CC(C)(C)NC(=O)c1ccc(C2SCC(=O)N2Cc2ccc(Cl)cc2)cc1. The molecule has 1 N–H and O–H groups in total. The molecule has 0 radical (unpaired) electrons. The number of thioether (sulfide) groups is 1. The third-order valence-electron chi connectivity index (χ3n) is 5.12. The van der Waals surface area contributed by atoms with Crippen molar-refractivity contribution in [1.29, 1.82) is 0 Å². The lowest BCUT2D eigenvalue weighted by Gasteiger charge is -2.33. The van der Waals surface area contributed by atoms with Crippen LogP contribution in [-0.2, 0) is 11.3 Å². The summed E-state index contributed by atoms with van der Waals surface area (Å²) in [6.45, 7) is 11.2. The van der Waals surface area contributed by atoms with Crippen LogP contribution in [-0.4, -0.2) is 28.0 Å².